The maximum atomic E-state index is 5.21. The fraction of sp³-hybridized carbons (Fsp3) is 0.714. The van der Waals surface area contributed by atoms with E-state index in [2.05, 4.69) is 6.58 Å². The van der Waals surface area contributed by atoms with Crippen molar-refractivity contribution in [3.63, 3.8) is 0 Å². The quantitative estimate of drug-likeness (QED) is 0.534. The number of hydrogen-bond donors (Lipinski definition) is 0. The number of ether oxygens (including phenoxy) is 2. The zero-order valence-electron chi connectivity index (χ0n) is 5.51. The monoisotopic (exact) mass is 128 g/mol. The Hall–Kier alpha value is -0.340. The van der Waals surface area contributed by atoms with Crippen LogP contribution in [-0.4, -0.2) is 19.5 Å². The molecule has 1 aliphatic heterocycles. The second kappa shape index (κ2) is 3.64. The van der Waals surface area contributed by atoms with E-state index in [1.54, 1.807) is 6.08 Å². The van der Waals surface area contributed by atoms with Gasteiger partial charge < -0.3 is 9.47 Å². The SMILES string of the molecule is C=CCOC1CCCO1. The summed E-state index contributed by atoms with van der Waals surface area (Å²) >= 11 is 0. The Morgan fingerprint density at radius 2 is 2.67 bits per heavy atom. The average Bonchev–Trinajstić information content (AvgIpc) is 2.34. The summed E-state index contributed by atoms with van der Waals surface area (Å²) in [4.78, 5) is 0. The fourth-order valence-corrected chi connectivity index (χ4v) is 0.855. The highest BCUT2D eigenvalue weighted by molar-refractivity contribution is 4.65. The lowest BCUT2D eigenvalue weighted by atomic mass is 10.4. The molecule has 0 radical (unpaired) electrons. The Labute approximate surface area is 55.5 Å². The maximum Gasteiger partial charge on any atom is 0.158 e. The van der Waals surface area contributed by atoms with Crippen LogP contribution >= 0.6 is 0 Å². The van der Waals surface area contributed by atoms with Crippen LogP contribution in [0.5, 0.6) is 0 Å². The molecule has 1 rings (SSSR count). The van der Waals surface area contributed by atoms with Crippen molar-refractivity contribution in [1.29, 1.82) is 0 Å². The summed E-state index contributed by atoms with van der Waals surface area (Å²) in [6.07, 6.45) is 3.94. The molecule has 0 aromatic carbocycles. The average molecular weight is 128 g/mol. The first-order valence-electron chi connectivity index (χ1n) is 3.27. The van der Waals surface area contributed by atoms with Gasteiger partial charge in [0.05, 0.1) is 6.61 Å². The van der Waals surface area contributed by atoms with Gasteiger partial charge in [-0.25, -0.2) is 0 Å². The summed E-state index contributed by atoms with van der Waals surface area (Å²) in [6.45, 7) is 4.99. The summed E-state index contributed by atoms with van der Waals surface area (Å²) in [7, 11) is 0. The van der Waals surface area contributed by atoms with Gasteiger partial charge >= 0.3 is 0 Å². The lowest BCUT2D eigenvalue weighted by molar-refractivity contribution is -0.101. The first-order chi connectivity index (χ1) is 4.43. The highest BCUT2D eigenvalue weighted by Crippen LogP contribution is 2.12. The molecule has 0 amide bonds. The molecular weight excluding hydrogens is 116 g/mol. The van der Waals surface area contributed by atoms with Crippen LogP contribution < -0.4 is 0 Å². The summed E-state index contributed by atoms with van der Waals surface area (Å²) in [5, 5.41) is 0. The molecule has 1 heterocycles. The Balaban J connectivity index is 2.04. The largest absolute Gasteiger partial charge is 0.353 e. The minimum Gasteiger partial charge on any atom is -0.353 e. The van der Waals surface area contributed by atoms with E-state index >= 15 is 0 Å². The predicted molar refractivity (Wildman–Crippen MR) is 35.1 cm³/mol. The summed E-state index contributed by atoms with van der Waals surface area (Å²) in [5.41, 5.74) is 0. The van der Waals surface area contributed by atoms with Crippen molar-refractivity contribution in [2.45, 2.75) is 19.1 Å². The Morgan fingerprint density at radius 3 is 3.22 bits per heavy atom. The standard InChI is InChI=1S/C7H12O2/c1-2-5-8-7-4-3-6-9-7/h2,7H,1,3-6H2. The molecule has 1 fully saturated rings. The first kappa shape index (κ1) is 6.78. The topological polar surface area (TPSA) is 18.5 Å². The maximum absolute atomic E-state index is 5.21. The smallest absolute Gasteiger partial charge is 0.158 e. The second-order valence-corrected chi connectivity index (χ2v) is 2.06. The van der Waals surface area contributed by atoms with Gasteiger partial charge in [0, 0.05) is 13.0 Å². The highest BCUT2D eigenvalue weighted by Gasteiger charge is 2.14. The van der Waals surface area contributed by atoms with E-state index in [0.29, 0.717) is 6.61 Å². The summed E-state index contributed by atoms with van der Waals surface area (Å²) < 4.78 is 10.4. The summed E-state index contributed by atoms with van der Waals surface area (Å²) in [5.74, 6) is 0. The molecule has 1 atom stereocenters. The first-order valence-corrected chi connectivity index (χ1v) is 3.27. The molecule has 2 nitrogen and oxygen atoms in total. The van der Waals surface area contributed by atoms with Crippen LogP contribution in [0, 0.1) is 0 Å². The van der Waals surface area contributed by atoms with Gasteiger partial charge in [0.15, 0.2) is 6.29 Å². The third-order valence-corrected chi connectivity index (χ3v) is 1.29. The van der Waals surface area contributed by atoms with Gasteiger partial charge in [-0.15, -0.1) is 6.58 Å². The van der Waals surface area contributed by atoms with Crippen LogP contribution in [0.4, 0.5) is 0 Å². The van der Waals surface area contributed by atoms with E-state index < -0.39 is 0 Å². The molecule has 0 spiro atoms. The third-order valence-electron chi connectivity index (χ3n) is 1.29. The van der Waals surface area contributed by atoms with Crippen molar-refractivity contribution in [1.82, 2.24) is 0 Å². The van der Waals surface area contributed by atoms with E-state index in [-0.39, 0.29) is 6.29 Å². The zero-order chi connectivity index (χ0) is 6.53. The van der Waals surface area contributed by atoms with Crippen LogP contribution in [0.3, 0.4) is 0 Å². The minimum absolute atomic E-state index is 0.0444. The van der Waals surface area contributed by atoms with E-state index in [1.165, 1.54) is 0 Å². The normalized spacial score (nSPS) is 26.4. The lowest BCUT2D eigenvalue weighted by Gasteiger charge is -2.07. The molecule has 9 heavy (non-hydrogen) atoms. The van der Waals surface area contributed by atoms with Gasteiger partial charge in [0.2, 0.25) is 0 Å². The molecule has 0 aliphatic carbocycles. The number of hydrogen-bond acceptors (Lipinski definition) is 2. The van der Waals surface area contributed by atoms with Crippen LogP contribution in [0.2, 0.25) is 0 Å². The number of rotatable bonds is 3. The van der Waals surface area contributed by atoms with Gasteiger partial charge in [-0.05, 0) is 6.42 Å². The van der Waals surface area contributed by atoms with E-state index in [9.17, 15) is 0 Å². The van der Waals surface area contributed by atoms with Crippen molar-refractivity contribution in [2.75, 3.05) is 13.2 Å². The van der Waals surface area contributed by atoms with Gasteiger partial charge in [-0.2, -0.15) is 0 Å². The van der Waals surface area contributed by atoms with Crippen LogP contribution in [0.1, 0.15) is 12.8 Å². The third kappa shape index (κ3) is 2.16. The van der Waals surface area contributed by atoms with Gasteiger partial charge in [-0.3, -0.25) is 0 Å². The molecule has 1 unspecified atom stereocenters. The van der Waals surface area contributed by atoms with Crippen LogP contribution in [0.25, 0.3) is 0 Å². The van der Waals surface area contributed by atoms with Crippen LogP contribution in [-0.2, 0) is 9.47 Å². The van der Waals surface area contributed by atoms with Gasteiger partial charge in [0.1, 0.15) is 0 Å². The van der Waals surface area contributed by atoms with Crippen molar-refractivity contribution >= 4 is 0 Å². The van der Waals surface area contributed by atoms with Crippen molar-refractivity contribution < 1.29 is 9.47 Å². The molecule has 0 bridgehead atoms. The Morgan fingerprint density at radius 1 is 1.78 bits per heavy atom. The summed E-state index contributed by atoms with van der Waals surface area (Å²) in [6, 6.07) is 0. The zero-order valence-corrected chi connectivity index (χ0v) is 5.51. The second-order valence-electron chi connectivity index (χ2n) is 2.06. The van der Waals surface area contributed by atoms with Crippen LogP contribution in [0.15, 0.2) is 12.7 Å². The minimum atomic E-state index is 0.0444. The molecule has 0 aromatic heterocycles. The van der Waals surface area contributed by atoms with E-state index in [4.69, 9.17) is 9.47 Å². The fourth-order valence-electron chi connectivity index (χ4n) is 0.855. The van der Waals surface area contributed by atoms with Gasteiger partial charge in [0.25, 0.3) is 0 Å². The predicted octanol–water partition coefficient (Wildman–Crippen LogP) is 1.33. The Bertz CT molecular complexity index is 84.9. The van der Waals surface area contributed by atoms with E-state index in [1.807, 2.05) is 0 Å². The molecule has 0 aromatic rings. The molecule has 1 aliphatic rings. The van der Waals surface area contributed by atoms with Gasteiger partial charge in [-0.1, -0.05) is 6.08 Å². The molecular formula is C7H12O2. The highest BCUT2D eigenvalue weighted by atomic mass is 16.7. The molecule has 2 heteroatoms. The van der Waals surface area contributed by atoms with Crippen molar-refractivity contribution in [2.24, 2.45) is 0 Å². The lowest BCUT2D eigenvalue weighted by Crippen LogP contribution is -2.09. The van der Waals surface area contributed by atoms with E-state index in [0.717, 1.165) is 19.4 Å². The molecule has 0 saturated carbocycles. The van der Waals surface area contributed by atoms with Crippen molar-refractivity contribution in [3.8, 4) is 0 Å². The molecule has 52 valence electrons. The van der Waals surface area contributed by atoms with Crippen molar-refractivity contribution in [3.05, 3.63) is 12.7 Å². The Kier molecular flexibility index (Phi) is 2.74. The molecule has 0 N–H and O–H groups in total. The molecule has 1 saturated heterocycles.